The van der Waals surface area contributed by atoms with Crippen LogP contribution >= 0.6 is 0 Å². The van der Waals surface area contributed by atoms with Crippen molar-refractivity contribution in [3.05, 3.63) is 47.3 Å². The second-order valence-corrected chi connectivity index (χ2v) is 7.71. The van der Waals surface area contributed by atoms with Crippen molar-refractivity contribution in [2.24, 2.45) is 0 Å². The molecule has 0 bridgehead atoms. The van der Waals surface area contributed by atoms with E-state index in [2.05, 4.69) is 0 Å². The van der Waals surface area contributed by atoms with Crippen LogP contribution < -0.4 is 4.74 Å². The van der Waals surface area contributed by atoms with Gasteiger partial charge in [-0.15, -0.1) is 0 Å². The Labute approximate surface area is 171 Å². The number of hydrogen-bond donors (Lipinski definition) is 0. The molecule has 2 aliphatic rings. The van der Waals surface area contributed by atoms with Crippen LogP contribution in [-0.4, -0.2) is 64.7 Å². The topological polar surface area (TPSA) is 67.7 Å². The molecule has 1 aromatic carbocycles. The average Bonchev–Trinajstić information content (AvgIpc) is 3.14. The Morgan fingerprint density at radius 2 is 1.86 bits per heavy atom. The van der Waals surface area contributed by atoms with Crippen LogP contribution in [0.25, 0.3) is 0 Å². The number of hydrogen-bond acceptors (Lipinski definition) is 4. The van der Waals surface area contributed by atoms with Gasteiger partial charge in [0, 0.05) is 44.2 Å². The third-order valence-electron chi connectivity index (χ3n) is 6.02. The first-order valence-electron chi connectivity index (χ1n) is 10.4. The predicted molar refractivity (Wildman–Crippen MR) is 109 cm³/mol. The lowest BCUT2D eigenvalue weighted by atomic mass is 9.93. The lowest BCUT2D eigenvalue weighted by Crippen LogP contribution is -2.38. The van der Waals surface area contributed by atoms with E-state index in [0.717, 1.165) is 50.3 Å². The Hall–Kier alpha value is -2.83. The number of amides is 2. The van der Waals surface area contributed by atoms with E-state index in [1.54, 1.807) is 7.11 Å². The Morgan fingerprint density at radius 1 is 1.14 bits per heavy atom. The fourth-order valence-corrected chi connectivity index (χ4v) is 4.25. The van der Waals surface area contributed by atoms with Gasteiger partial charge in [0.2, 0.25) is 0 Å². The molecule has 1 aromatic heterocycles. The molecule has 0 radical (unpaired) electrons. The summed E-state index contributed by atoms with van der Waals surface area (Å²) in [5.41, 5.74) is 2.38. The second kappa shape index (κ2) is 8.27. The molecular formula is C22H28N4O3. The van der Waals surface area contributed by atoms with Gasteiger partial charge < -0.3 is 14.5 Å². The van der Waals surface area contributed by atoms with Gasteiger partial charge in [0.25, 0.3) is 11.8 Å². The Morgan fingerprint density at radius 3 is 2.52 bits per heavy atom. The lowest BCUT2D eigenvalue weighted by molar-refractivity contribution is 0.0711. The monoisotopic (exact) mass is 396 g/mol. The molecule has 7 nitrogen and oxygen atoms in total. The smallest absolute Gasteiger partial charge is 0.272 e. The number of carbonyl (C=O) groups is 2. The molecule has 0 aliphatic carbocycles. The number of carbonyl (C=O) groups excluding carboxylic acids is 2. The van der Waals surface area contributed by atoms with Crippen molar-refractivity contribution >= 4 is 11.8 Å². The van der Waals surface area contributed by atoms with Crippen molar-refractivity contribution in [1.82, 2.24) is 19.6 Å². The number of benzene rings is 1. The summed E-state index contributed by atoms with van der Waals surface area (Å²) in [6.45, 7) is 5.72. The summed E-state index contributed by atoms with van der Waals surface area (Å²) in [7, 11) is 1.62. The van der Waals surface area contributed by atoms with E-state index in [9.17, 15) is 9.59 Å². The first-order chi connectivity index (χ1) is 14.1. The van der Waals surface area contributed by atoms with Crippen molar-refractivity contribution in [2.45, 2.75) is 38.6 Å². The van der Waals surface area contributed by atoms with Crippen LogP contribution in [0.15, 0.2) is 30.3 Å². The maximum atomic E-state index is 12.8. The number of aromatic nitrogens is 2. The minimum absolute atomic E-state index is 0.0560. The maximum absolute atomic E-state index is 12.8. The molecule has 0 spiro atoms. The zero-order valence-corrected chi connectivity index (χ0v) is 17.1. The van der Waals surface area contributed by atoms with Gasteiger partial charge >= 0.3 is 0 Å². The SMILES string of the molecule is CCN1CCCn2nc(C3CCN(C(=O)c4ccc(OC)cc4)CC3)cc2C1=O. The molecule has 154 valence electrons. The number of piperidine rings is 1. The Balaban J connectivity index is 1.41. The van der Waals surface area contributed by atoms with E-state index in [1.165, 1.54) is 0 Å². The molecule has 2 aromatic rings. The molecule has 4 rings (SSSR count). The number of ether oxygens (including phenoxy) is 1. The van der Waals surface area contributed by atoms with Gasteiger partial charge in [-0.25, -0.2) is 0 Å². The molecule has 1 saturated heterocycles. The zero-order chi connectivity index (χ0) is 20.4. The highest BCUT2D eigenvalue weighted by Crippen LogP contribution is 2.29. The summed E-state index contributed by atoms with van der Waals surface area (Å²) in [4.78, 5) is 29.3. The fourth-order valence-electron chi connectivity index (χ4n) is 4.25. The van der Waals surface area contributed by atoms with E-state index in [0.29, 0.717) is 24.3 Å². The number of methoxy groups -OCH3 is 1. The molecule has 0 unspecified atom stereocenters. The van der Waals surface area contributed by atoms with Crippen molar-refractivity contribution < 1.29 is 14.3 Å². The minimum atomic E-state index is 0.0560. The standard InChI is InChI=1S/C22H28N4O3/c1-3-24-11-4-12-26-20(22(24)28)15-19(23-26)16-9-13-25(14-10-16)21(27)17-5-7-18(29-2)8-6-17/h5-8,15-16H,3-4,9-14H2,1-2H3. The quantitative estimate of drug-likeness (QED) is 0.797. The third-order valence-corrected chi connectivity index (χ3v) is 6.02. The maximum Gasteiger partial charge on any atom is 0.272 e. The summed E-state index contributed by atoms with van der Waals surface area (Å²) in [5, 5.41) is 4.75. The van der Waals surface area contributed by atoms with Crippen LogP contribution in [0.4, 0.5) is 0 Å². The Kier molecular flexibility index (Phi) is 5.56. The highest BCUT2D eigenvalue weighted by molar-refractivity contribution is 5.94. The minimum Gasteiger partial charge on any atom is -0.497 e. The predicted octanol–water partition coefficient (Wildman–Crippen LogP) is 2.78. The van der Waals surface area contributed by atoms with Gasteiger partial charge in [-0.05, 0) is 56.5 Å². The molecule has 1 fully saturated rings. The van der Waals surface area contributed by atoms with E-state index in [1.807, 2.05) is 51.7 Å². The van der Waals surface area contributed by atoms with E-state index < -0.39 is 0 Å². The van der Waals surface area contributed by atoms with Gasteiger partial charge in [0.05, 0.1) is 12.8 Å². The van der Waals surface area contributed by atoms with Gasteiger partial charge in [0.1, 0.15) is 11.4 Å². The summed E-state index contributed by atoms with van der Waals surface area (Å²) >= 11 is 0. The summed E-state index contributed by atoms with van der Waals surface area (Å²) < 4.78 is 7.04. The van der Waals surface area contributed by atoms with Gasteiger partial charge in [-0.1, -0.05) is 0 Å². The highest BCUT2D eigenvalue weighted by atomic mass is 16.5. The van der Waals surface area contributed by atoms with Crippen LogP contribution in [0.1, 0.15) is 58.6 Å². The molecule has 0 saturated carbocycles. The van der Waals surface area contributed by atoms with Gasteiger partial charge in [0.15, 0.2) is 0 Å². The lowest BCUT2D eigenvalue weighted by Gasteiger charge is -2.31. The summed E-state index contributed by atoms with van der Waals surface area (Å²) in [6.07, 6.45) is 2.66. The largest absolute Gasteiger partial charge is 0.497 e. The summed E-state index contributed by atoms with van der Waals surface area (Å²) in [6, 6.07) is 9.22. The molecule has 0 N–H and O–H groups in total. The van der Waals surface area contributed by atoms with Crippen LogP contribution in [0.3, 0.4) is 0 Å². The van der Waals surface area contributed by atoms with E-state index in [-0.39, 0.29) is 17.7 Å². The van der Waals surface area contributed by atoms with Crippen LogP contribution in [0.2, 0.25) is 0 Å². The Bertz CT molecular complexity index is 882. The second-order valence-electron chi connectivity index (χ2n) is 7.71. The van der Waals surface area contributed by atoms with E-state index in [4.69, 9.17) is 9.84 Å². The third kappa shape index (κ3) is 3.86. The normalized spacial score (nSPS) is 17.8. The number of aryl methyl sites for hydroxylation is 1. The van der Waals surface area contributed by atoms with Crippen LogP contribution in [-0.2, 0) is 6.54 Å². The molecule has 3 heterocycles. The number of likely N-dealkylation sites (tertiary alicyclic amines) is 1. The highest BCUT2D eigenvalue weighted by Gasteiger charge is 2.29. The number of rotatable bonds is 4. The molecule has 2 amide bonds. The number of fused-ring (bicyclic) bond motifs is 1. The molecular weight excluding hydrogens is 368 g/mol. The van der Waals surface area contributed by atoms with Crippen molar-refractivity contribution in [1.29, 1.82) is 0 Å². The molecule has 0 atom stereocenters. The molecule has 2 aliphatic heterocycles. The van der Waals surface area contributed by atoms with Gasteiger partial charge in [-0.2, -0.15) is 5.10 Å². The average molecular weight is 396 g/mol. The fraction of sp³-hybridized carbons (Fsp3) is 0.500. The summed E-state index contributed by atoms with van der Waals surface area (Å²) in [5.74, 6) is 1.17. The first kappa shape index (κ1) is 19.5. The van der Waals surface area contributed by atoms with Crippen molar-refractivity contribution in [3.8, 4) is 5.75 Å². The van der Waals surface area contributed by atoms with E-state index >= 15 is 0 Å². The zero-order valence-electron chi connectivity index (χ0n) is 17.1. The first-order valence-corrected chi connectivity index (χ1v) is 10.4. The molecule has 7 heteroatoms. The van der Waals surface area contributed by atoms with Crippen molar-refractivity contribution in [2.75, 3.05) is 33.3 Å². The van der Waals surface area contributed by atoms with Gasteiger partial charge in [-0.3, -0.25) is 14.3 Å². The van der Waals surface area contributed by atoms with Crippen LogP contribution in [0.5, 0.6) is 5.75 Å². The van der Waals surface area contributed by atoms with Crippen molar-refractivity contribution in [3.63, 3.8) is 0 Å². The number of nitrogens with zero attached hydrogens (tertiary/aromatic N) is 4. The van der Waals surface area contributed by atoms with Crippen LogP contribution in [0, 0.1) is 0 Å². The molecule has 29 heavy (non-hydrogen) atoms.